The normalized spacial score (nSPS) is 11.2. The molecule has 0 fully saturated rings. The third-order valence-electron chi connectivity index (χ3n) is 4.10. The summed E-state index contributed by atoms with van der Waals surface area (Å²) in [6, 6.07) is 9.17. The van der Waals surface area contributed by atoms with E-state index < -0.39 is 5.97 Å². The van der Waals surface area contributed by atoms with Gasteiger partial charge in [0.25, 0.3) is 0 Å². The largest absolute Gasteiger partial charge is 0.490 e. The Labute approximate surface area is 164 Å². The molecule has 0 spiro atoms. The number of hydrogen-bond acceptors (Lipinski definition) is 4. The Morgan fingerprint density at radius 2 is 1.78 bits per heavy atom. The first-order valence-corrected chi connectivity index (χ1v) is 9.87. The van der Waals surface area contributed by atoms with Crippen LogP contribution in [0.1, 0.15) is 51.3 Å². The highest BCUT2D eigenvalue weighted by Gasteiger charge is 2.19. The van der Waals surface area contributed by atoms with Crippen LogP contribution in [-0.2, 0) is 0 Å². The second-order valence-corrected chi connectivity index (χ2v) is 7.39. The predicted octanol–water partition coefficient (Wildman–Crippen LogP) is 5.41. The van der Waals surface area contributed by atoms with Gasteiger partial charge in [0.05, 0.1) is 11.7 Å². The monoisotopic (exact) mass is 384 g/mol. The number of carbonyl (C=O) groups is 2. The summed E-state index contributed by atoms with van der Waals surface area (Å²) in [5, 5.41) is 9.48. The summed E-state index contributed by atoms with van der Waals surface area (Å²) in [5.74, 6) is -0.607. The Kier molecular flexibility index (Phi) is 6.86. The Bertz CT molecular complexity index is 880. The van der Waals surface area contributed by atoms with E-state index in [1.807, 2.05) is 32.2 Å². The number of thioether (sulfide) groups is 1. The zero-order chi connectivity index (χ0) is 20.1. The highest BCUT2D eigenvalue weighted by atomic mass is 32.2. The molecule has 0 aliphatic rings. The zero-order valence-corrected chi connectivity index (χ0v) is 17.0. The lowest BCUT2D eigenvalue weighted by molar-refractivity contribution is 0.0694. The average molecular weight is 384 g/mol. The molecule has 142 valence electrons. The number of aromatic carboxylic acids is 1. The number of benzene rings is 2. The third-order valence-corrected chi connectivity index (χ3v) is 4.84. The SMILES string of the molecule is CSc1ccc(C(=O)/C=C/c2cc(C)c(C(=O)O)c(C)c2OC(C)C)cc1. The van der Waals surface area contributed by atoms with E-state index in [0.29, 0.717) is 28.0 Å². The van der Waals surface area contributed by atoms with Crippen molar-refractivity contribution in [3.8, 4) is 5.75 Å². The maximum Gasteiger partial charge on any atom is 0.336 e. The molecule has 0 amide bonds. The van der Waals surface area contributed by atoms with E-state index in [2.05, 4.69) is 0 Å². The van der Waals surface area contributed by atoms with Crippen LogP contribution in [0, 0.1) is 13.8 Å². The molecule has 4 nitrogen and oxygen atoms in total. The number of carboxylic acids is 1. The first-order chi connectivity index (χ1) is 12.7. The average Bonchev–Trinajstić information content (AvgIpc) is 2.61. The van der Waals surface area contributed by atoms with Crippen molar-refractivity contribution < 1.29 is 19.4 Å². The molecule has 0 aliphatic carbocycles. The van der Waals surface area contributed by atoms with Gasteiger partial charge in [-0.3, -0.25) is 4.79 Å². The molecule has 2 rings (SSSR count). The summed E-state index contributed by atoms with van der Waals surface area (Å²) in [4.78, 5) is 25.1. The molecule has 0 heterocycles. The quantitative estimate of drug-likeness (QED) is 0.393. The van der Waals surface area contributed by atoms with Gasteiger partial charge >= 0.3 is 5.97 Å². The second kappa shape index (κ2) is 8.91. The van der Waals surface area contributed by atoms with Crippen LogP contribution in [0.25, 0.3) is 6.08 Å². The predicted molar refractivity (Wildman–Crippen MR) is 110 cm³/mol. The lowest BCUT2D eigenvalue weighted by Gasteiger charge is -2.18. The van der Waals surface area contributed by atoms with Gasteiger partial charge in [-0.2, -0.15) is 0 Å². The Morgan fingerprint density at radius 3 is 2.30 bits per heavy atom. The minimum Gasteiger partial charge on any atom is -0.490 e. The van der Waals surface area contributed by atoms with Crippen LogP contribution in [0.2, 0.25) is 0 Å². The fourth-order valence-electron chi connectivity index (χ4n) is 2.86. The third kappa shape index (κ3) is 5.01. The summed E-state index contributed by atoms with van der Waals surface area (Å²) in [5.41, 5.74) is 2.73. The number of ether oxygens (including phenoxy) is 1. The highest BCUT2D eigenvalue weighted by molar-refractivity contribution is 7.98. The number of carbonyl (C=O) groups excluding carboxylic acids is 1. The summed E-state index contributed by atoms with van der Waals surface area (Å²) >= 11 is 1.62. The van der Waals surface area contributed by atoms with Gasteiger partial charge in [-0.25, -0.2) is 4.79 Å². The van der Waals surface area contributed by atoms with E-state index in [4.69, 9.17) is 4.74 Å². The van der Waals surface area contributed by atoms with Crippen molar-refractivity contribution in [1.29, 1.82) is 0 Å². The molecule has 0 bridgehead atoms. The van der Waals surface area contributed by atoms with Gasteiger partial charge < -0.3 is 9.84 Å². The van der Waals surface area contributed by atoms with E-state index in [-0.39, 0.29) is 17.5 Å². The molecule has 0 aromatic heterocycles. The summed E-state index contributed by atoms with van der Waals surface area (Å²) in [7, 11) is 0. The number of hydrogen-bond donors (Lipinski definition) is 1. The lowest BCUT2D eigenvalue weighted by atomic mass is 9.97. The van der Waals surface area contributed by atoms with E-state index in [1.54, 1.807) is 49.9 Å². The van der Waals surface area contributed by atoms with Gasteiger partial charge in [-0.1, -0.05) is 0 Å². The first-order valence-electron chi connectivity index (χ1n) is 8.65. The van der Waals surface area contributed by atoms with Crippen molar-refractivity contribution in [2.45, 2.75) is 38.7 Å². The molecule has 5 heteroatoms. The van der Waals surface area contributed by atoms with Gasteiger partial charge in [-0.05, 0) is 82.0 Å². The smallest absolute Gasteiger partial charge is 0.336 e. The van der Waals surface area contributed by atoms with Crippen molar-refractivity contribution in [1.82, 2.24) is 0 Å². The van der Waals surface area contributed by atoms with Crippen molar-refractivity contribution in [2.75, 3.05) is 6.26 Å². The minimum absolute atomic E-state index is 0.115. The lowest BCUT2D eigenvalue weighted by Crippen LogP contribution is -2.12. The topological polar surface area (TPSA) is 63.6 Å². The van der Waals surface area contributed by atoms with E-state index >= 15 is 0 Å². The molecule has 0 saturated carbocycles. The second-order valence-electron chi connectivity index (χ2n) is 6.51. The van der Waals surface area contributed by atoms with Crippen molar-refractivity contribution in [3.05, 3.63) is 64.2 Å². The van der Waals surface area contributed by atoms with Crippen LogP contribution in [0.5, 0.6) is 5.75 Å². The number of carboxylic acid groups (broad SMARTS) is 1. The molecule has 0 radical (unpaired) electrons. The fraction of sp³-hybridized carbons (Fsp3) is 0.273. The van der Waals surface area contributed by atoms with Gasteiger partial charge in [-0.15, -0.1) is 11.8 Å². The van der Waals surface area contributed by atoms with Crippen molar-refractivity contribution in [2.24, 2.45) is 0 Å². The van der Waals surface area contributed by atoms with Crippen LogP contribution in [-0.4, -0.2) is 29.2 Å². The molecular formula is C22H24O4S. The number of aryl methyl sites for hydroxylation is 1. The molecular weight excluding hydrogens is 360 g/mol. The molecule has 0 aliphatic heterocycles. The maximum absolute atomic E-state index is 12.5. The van der Waals surface area contributed by atoms with E-state index in [0.717, 1.165) is 4.90 Å². The van der Waals surface area contributed by atoms with Gasteiger partial charge in [0.1, 0.15) is 5.75 Å². The molecule has 0 unspecified atom stereocenters. The molecule has 0 atom stereocenters. The Morgan fingerprint density at radius 1 is 1.15 bits per heavy atom. The van der Waals surface area contributed by atoms with Crippen LogP contribution in [0.15, 0.2) is 41.3 Å². The standard InChI is InChI=1S/C22H24O4S/c1-13(2)26-21-15(4)20(22(24)25)14(3)12-17(21)8-11-19(23)16-6-9-18(27-5)10-7-16/h6-13H,1-5H3,(H,24,25)/b11-8+. The van der Waals surface area contributed by atoms with Gasteiger partial charge in [0.2, 0.25) is 0 Å². The summed E-state index contributed by atoms with van der Waals surface area (Å²) in [6.07, 6.45) is 5.05. The van der Waals surface area contributed by atoms with Crippen LogP contribution >= 0.6 is 11.8 Å². The highest BCUT2D eigenvalue weighted by Crippen LogP contribution is 2.31. The van der Waals surface area contributed by atoms with Crippen LogP contribution in [0.4, 0.5) is 0 Å². The van der Waals surface area contributed by atoms with Gasteiger partial charge in [0.15, 0.2) is 5.78 Å². The van der Waals surface area contributed by atoms with Gasteiger partial charge in [0, 0.05) is 21.6 Å². The number of allylic oxidation sites excluding steroid dienone is 1. The molecule has 2 aromatic carbocycles. The molecule has 0 saturated heterocycles. The summed E-state index contributed by atoms with van der Waals surface area (Å²) in [6.45, 7) is 7.24. The van der Waals surface area contributed by atoms with Crippen molar-refractivity contribution >= 4 is 29.6 Å². The maximum atomic E-state index is 12.5. The van der Waals surface area contributed by atoms with E-state index in [9.17, 15) is 14.7 Å². The van der Waals surface area contributed by atoms with E-state index in [1.165, 1.54) is 6.08 Å². The number of ketones is 1. The Hall–Kier alpha value is -2.53. The zero-order valence-electron chi connectivity index (χ0n) is 16.2. The molecule has 27 heavy (non-hydrogen) atoms. The van der Waals surface area contributed by atoms with Crippen molar-refractivity contribution in [3.63, 3.8) is 0 Å². The minimum atomic E-state index is -0.987. The van der Waals surface area contributed by atoms with Crippen LogP contribution < -0.4 is 4.74 Å². The number of rotatable bonds is 7. The molecule has 1 N–H and O–H groups in total. The van der Waals surface area contributed by atoms with Crippen LogP contribution in [0.3, 0.4) is 0 Å². The first kappa shape index (κ1) is 20.8. The summed E-state index contributed by atoms with van der Waals surface area (Å²) < 4.78 is 5.86. The fourth-order valence-corrected chi connectivity index (χ4v) is 3.27. The Balaban J connectivity index is 2.42. The molecule has 2 aromatic rings.